The van der Waals surface area contributed by atoms with Crippen LogP contribution in [0.5, 0.6) is 0 Å². The van der Waals surface area contributed by atoms with E-state index in [1.165, 1.54) is 38.8 Å². The first-order valence-corrected chi connectivity index (χ1v) is 9.53. The molecule has 3 aromatic carbocycles. The molecular weight excluding hydrogens is 326 g/mol. The maximum atomic E-state index is 9.17. The lowest BCUT2D eigenvalue weighted by Crippen LogP contribution is -2.09. The third kappa shape index (κ3) is 2.94. The fourth-order valence-corrected chi connectivity index (χ4v) is 4.02. The Bertz CT molecular complexity index is 1140. The Hall–Kier alpha value is -2.93. The van der Waals surface area contributed by atoms with Crippen LogP contribution in [0.15, 0.2) is 66.3 Å². The van der Waals surface area contributed by atoms with Crippen LogP contribution in [0.25, 0.3) is 16.3 Å². The highest BCUT2D eigenvalue weighted by Gasteiger charge is 2.19. The lowest BCUT2D eigenvalue weighted by Gasteiger charge is -2.18. The zero-order valence-electron chi connectivity index (χ0n) is 16.5. The Morgan fingerprint density at radius 3 is 2.37 bits per heavy atom. The van der Waals surface area contributed by atoms with Gasteiger partial charge in [-0.25, -0.2) is 0 Å². The van der Waals surface area contributed by atoms with E-state index in [-0.39, 0.29) is 0 Å². The van der Waals surface area contributed by atoms with Gasteiger partial charge in [-0.3, -0.25) is 5.41 Å². The first kappa shape index (κ1) is 17.5. The van der Waals surface area contributed by atoms with Crippen molar-refractivity contribution in [2.45, 2.75) is 34.1 Å². The lowest BCUT2D eigenvalue weighted by molar-refractivity contribution is 1.25. The molecule has 1 N–H and O–H groups in total. The molecule has 0 atom stereocenters. The molecule has 1 aliphatic carbocycles. The largest absolute Gasteiger partial charge is 0.300 e. The van der Waals surface area contributed by atoms with Crippen molar-refractivity contribution < 1.29 is 0 Å². The van der Waals surface area contributed by atoms with Crippen LogP contribution < -0.4 is 0 Å². The van der Waals surface area contributed by atoms with E-state index in [0.29, 0.717) is 5.71 Å². The summed E-state index contributed by atoms with van der Waals surface area (Å²) in [5.74, 6) is 0. The first-order chi connectivity index (χ1) is 13.0. The molecule has 1 aliphatic rings. The van der Waals surface area contributed by atoms with E-state index in [2.05, 4.69) is 88.4 Å². The fourth-order valence-electron chi connectivity index (χ4n) is 4.02. The van der Waals surface area contributed by atoms with Crippen molar-refractivity contribution in [3.63, 3.8) is 0 Å². The molecular formula is C26H25N. The minimum Gasteiger partial charge on any atom is -0.300 e. The molecule has 134 valence electrons. The smallest absolute Gasteiger partial charge is 0.0699 e. The highest BCUT2D eigenvalue weighted by Crippen LogP contribution is 2.35. The van der Waals surface area contributed by atoms with Crippen LogP contribution >= 0.6 is 0 Å². The molecule has 0 radical (unpaired) electrons. The van der Waals surface area contributed by atoms with Gasteiger partial charge in [-0.15, -0.1) is 0 Å². The van der Waals surface area contributed by atoms with Crippen LogP contribution in [0.2, 0.25) is 0 Å². The second kappa shape index (κ2) is 6.66. The Morgan fingerprint density at radius 2 is 1.63 bits per heavy atom. The van der Waals surface area contributed by atoms with E-state index < -0.39 is 0 Å². The van der Waals surface area contributed by atoms with Gasteiger partial charge in [0.1, 0.15) is 0 Å². The SMILES string of the molecule is CC1=CCC(c2ccc3ccccc3c2C(=N)c2ccc(C)c(C)c2C)=C1. The molecule has 0 saturated heterocycles. The van der Waals surface area contributed by atoms with Gasteiger partial charge in [-0.1, -0.05) is 66.3 Å². The predicted molar refractivity (Wildman–Crippen MR) is 117 cm³/mol. The number of allylic oxidation sites excluding steroid dienone is 4. The number of fused-ring (bicyclic) bond motifs is 1. The van der Waals surface area contributed by atoms with Gasteiger partial charge in [0.15, 0.2) is 0 Å². The summed E-state index contributed by atoms with van der Waals surface area (Å²) in [6, 6.07) is 17.0. The van der Waals surface area contributed by atoms with Gasteiger partial charge in [0.05, 0.1) is 5.71 Å². The van der Waals surface area contributed by atoms with Gasteiger partial charge in [-0.2, -0.15) is 0 Å². The molecule has 0 spiro atoms. The van der Waals surface area contributed by atoms with Gasteiger partial charge in [0.25, 0.3) is 0 Å². The number of aryl methyl sites for hydroxylation is 1. The average Bonchev–Trinajstić information content (AvgIpc) is 3.11. The molecule has 27 heavy (non-hydrogen) atoms. The zero-order chi connectivity index (χ0) is 19.1. The van der Waals surface area contributed by atoms with E-state index in [1.54, 1.807) is 0 Å². The molecule has 0 heterocycles. The van der Waals surface area contributed by atoms with Crippen molar-refractivity contribution in [1.29, 1.82) is 5.41 Å². The van der Waals surface area contributed by atoms with E-state index in [4.69, 9.17) is 0 Å². The van der Waals surface area contributed by atoms with Crippen molar-refractivity contribution in [1.82, 2.24) is 0 Å². The Balaban J connectivity index is 1.98. The van der Waals surface area contributed by atoms with Crippen LogP contribution in [0.4, 0.5) is 0 Å². The topological polar surface area (TPSA) is 23.9 Å². The summed E-state index contributed by atoms with van der Waals surface area (Å²) in [4.78, 5) is 0. The number of hydrogen-bond donors (Lipinski definition) is 1. The Morgan fingerprint density at radius 1 is 0.852 bits per heavy atom. The minimum atomic E-state index is 0.618. The second-order valence-electron chi connectivity index (χ2n) is 7.59. The zero-order valence-corrected chi connectivity index (χ0v) is 16.5. The number of nitrogens with one attached hydrogen (secondary N) is 1. The number of benzene rings is 3. The third-order valence-corrected chi connectivity index (χ3v) is 5.90. The maximum absolute atomic E-state index is 9.17. The van der Waals surface area contributed by atoms with Crippen molar-refractivity contribution >= 4 is 22.1 Å². The highest BCUT2D eigenvalue weighted by atomic mass is 14.4. The summed E-state index contributed by atoms with van der Waals surface area (Å²) >= 11 is 0. The van der Waals surface area contributed by atoms with Gasteiger partial charge in [0.2, 0.25) is 0 Å². The van der Waals surface area contributed by atoms with Crippen LogP contribution in [0.3, 0.4) is 0 Å². The lowest BCUT2D eigenvalue weighted by atomic mass is 9.86. The predicted octanol–water partition coefficient (Wildman–Crippen LogP) is 6.91. The van der Waals surface area contributed by atoms with E-state index in [9.17, 15) is 5.41 Å². The molecule has 3 aromatic rings. The van der Waals surface area contributed by atoms with Crippen LogP contribution in [-0.2, 0) is 0 Å². The normalized spacial score (nSPS) is 13.6. The van der Waals surface area contributed by atoms with Gasteiger partial charge >= 0.3 is 0 Å². The molecule has 0 fully saturated rings. The van der Waals surface area contributed by atoms with Crippen LogP contribution in [-0.4, -0.2) is 5.71 Å². The summed E-state index contributed by atoms with van der Waals surface area (Å²) in [5, 5.41) is 11.5. The van der Waals surface area contributed by atoms with Gasteiger partial charge in [0, 0.05) is 11.1 Å². The van der Waals surface area contributed by atoms with Crippen LogP contribution in [0.1, 0.15) is 46.7 Å². The molecule has 0 saturated carbocycles. The van der Waals surface area contributed by atoms with Crippen molar-refractivity contribution in [3.8, 4) is 0 Å². The number of hydrogen-bond acceptors (Lipinski definition) is 1. The summed E-state index contributed by atoms with van der Waals surface area (Å²) in [6.07, 6.45) is 5.46. The minimum absolute atomic E-state index is 0.618. The number of rotatable bonds is 3. The van der Waals surface area contributed by atoms with Crippen LogP contribution in [0, 0.1) is 26.2 Å². The molecule has 1 nitrogen and oxygen atoms in total. The van der Waals surface area contributed by atoms with Crippen molar-refractivity contribution in [2.24, 2.45) is 0 Å². The molecule has 0 amide bonds. The average molecular weight is 351 g/mol. The van der Waals surface area contributed by atoms with E-state index >= 15 is 0 Å². The van der Waals surface area contributed by atoms with Gasteiger partial charge in [-0.05, 0) is 72.7 Å². The quantitative estimate of drug-likeness (QED) is 0.495. The summed E-state index contributed by atoms with van der Waals surface area (Å²) in [6.45, 7) is 8.57. The standard InChI is InChI=1S/C26H25N/c1-16-9-11-21(15-16)24-14-12-20-7-5-6-8-23(20)25(24)26(27)22-13-10-17(2)18(3)19(22)4/h5-10,12-15,27H,11H2,1-4H3. The summed E-state index contributed by atoms with van der Waals surface area (Å²) in [7, 11) is 0. The van der Waals surface area contributed by atoms with E-state index in [1.807, 2.05) is 0 Å². The Labute approximate surface area is 161 Å². The molecule has 0 aliphatic heterocycles. The molecule has 4 rings (SSSR count). The molecule has 0 aromatic heterocycles. The summed E-state index contributed by atoms with van der Waals surface area (Å²) < 4.78 is 0. The molecule has 0 bridgehead atoms. The van der Waals surface area contributed by atoms with Gasteiger partial charge < -0.3 is 0 Å². The highest BCUT2D eigenvalue weighted by molar-refractivity contribution is 6.21. The molecule has 1 heteroatoms. The maximum Gasteiger partial charge on any atom is 0.0699 e. The first-order valence-electron chi connectivity index (χ1n) is 9.53. The molecule has 0 unspecified atom stereocenters. The summed E-state index contributed by atoms with van der Waals surface area (Å²) in [5.41, 5.74) is 10.2. The van der Waals surface area contributed by atoms with Crippen molar-refractivity contribution in [2.75, 3.05) is 0 Å². The fraction of sp³-hybridized carbons (Fsp3) is 0.192. The third-order valence-electron chi connectivity index (χ3n) is 5.90. The monoisotopic (exact) mass is 351 g/mol. The van der Waals surface area contributed by atoms with Crippen molar-refractivity contribution in [3.05, 3.63) is 99.6 Å². The Kier molecular flexibility index (Phi) is 4.31. The van der Waals surface area contributed by atoms with E-state index in [0.717, 1.165) is 22.9 Å². The second-order valence-corrected chi connectivity index (χ2v) is 7.59.